The molecule has 0 aliphatic heterocycles. The first kappa shape index (κ1) is 12.4. The molecule has 0 aliphatic rings. The van der Waals surface area contributed by atoms with Gasteiger partial charge in [-0.25, -0.2) is 4.98 Å². The molecule has 0 radical (unpaired) electrons. The summed E-state index contributed by atoms with van der Waals surface area (Å²) < 4.78 is 0. The number of H-pyrrole nitrogens is 1. The molecule has 4 nitrogen and oxygen atoms in total. The molecule has 94 valence electrons. The van der Waals surface area contributed by atoms with Gasteiger partial charge >= 0.3 is 5.97 Å². The molecule has 0 amide bonds. The van der Waals surface area contributed by atoms with Gasteiger partial charge in [0.1, 0.15) is 5.82 Å². The lowest BCUT2D eigenvalue weighted by molar-refractivity contribution is -0.136. The number of aryl methyl sites for hydroxylation is 2. The van der Waals surface area contributed by atoms with E-state index >= 15 is 0 Å². The lowest BCUT2D eigenvalue weighted by atomic mass is 10.1. The molecule has 0 saturated heterocycles. The lowest BCUT2D eigenvalue weighted by Crippen LogP contribution is -1.98. The smallest absolute Gasteiger partial charge is 0.303 e. The number of aliphatic carboxylic acids is 1. The Balaban J connectivity index is 2.02. The van der Waals surface area contributed by atoms with Gasteiger partial charge in [-0.1, -0.05) is 24.3 Å². The van der Waals surface area contributed by atoms with E-state index in [4.69, 9.17) is 5.11 Å². The molecule has 0 fully saturated rings. The SMILES string of the molecule is Cc1ccccc1Cc1ncc(CCC(=O)O)[nH]1. The van der Waals surface area contributed by atoms with Crippen LogP contribution in [0.3, 0.4) is 0 Å². The van der Waals surface area contributed by atoms with Gasteiger partial charge in [-0.05, 0) is 24.5 Å². The molecule has 2 N–H and O–H groups in total. The number of aromatic nitrogens is 2. The van der Waals surface area contributed by atoms with Crippen LogP contribution in [-0.4, -0.2) is 21.0 Å². The van der Waals surface area contributed by atoms with Gasteiger partial charge in [0.15, 0.2) is 0 Å². The van der Waals surface area contributed by atoms with Crippen LogP contribution in [0, 0.1) is 6.92 Å². The average Bonchev–Trinajstić information content (AvgIpc) is 2.77. The highest BCUT2D eigenvalue weighted by atomic mass is 16.4. The van der Waals surface area contributed by atoms with E-state index in [1.807, 2.05) is 12.1 Å². The van der Waals surface area contributed by atoms with Gasteiger partial charge in [0.05, 0.1) is 6.42 Å². The fourth-order valence-electron chi connectivity index (χ4n) is 1.85. The monoisotopic (exact) mass is 244 g/mol. The Morgan fingerprint density at radius 2 is 2.17 bits per heavy atom. The number of hydrogen-bond donors (Lipinski definition) is 2. The van der Waals surface area contributed by atoms with E-state index in [1.165, 1.54) is 11.1 Å². The van der Waals surface area contributed by atoms with Crippen molar-refractivity contribution in [3.63, 3.8) is 0 Å². The van der Waals surface area contributed by atoms with E-state index in [-0.39, 0.29) is 6.42 Å². The molecule has 0 saturated carbocycles. The Hall–Kier alpha value is -2.10. The zero-order valence-electron chi connectivity index (χ0n) is 10.3. The number of benzene rings is 1. The van der Waals surface area contributed by atoms with Crippen LogP contribution in [0.1, 0.15) is 29.1 Å². The minimum atomic E-state index is -0.787. The van der Waals surface area contributed by atoms with Gasteiger partial charge < -0.3 is 10.1 Å². The highest BCUT2D eigenvalue weighted by Crippen LogP contribution is 2.12. The van der Waals surface area contributed by atoms with Gasteiger partial charge in [-0.2, -0.15) is 0 Å². The number of carboxylic acids is 1. The second kappa shape index (κ2) is 5.49. The molecule has 0 spiro atoms. The van der Waals surface area contributed by atoms with E-state index in [1.54, 1.807) is 6.20 Å². The second-order valence-corrected chi connectivity index (χ2v) is 4.35. The molecular weight excluding hydrogens is 228 g/mol. The fourth-order valence-corrected chi connectivity index (χ4v) is 1.85. The number of rotatable bonds is 5. The van der Waals surface area contributed by atoms with Gasteiger partial charge in [-0.15, -0.1) is 0 Å². The van der Waals surface area contributed by atoms with Crippen molar-refractivity contribution in [2.75, 3.05) is 0 Å². The lowest BCUT2D eigenvalue weighted by Gasteiger charge is -2.02. The van der Waals surface area contributed by atoms with Gasteiger partial charge in [0.2, 0.25) is 0 Å². The summed E-state index contributed by atoms with van der Waals surface area (Å²) in [6.45, 7) is 2.07. The molecular formula is C14H16N2O2. The maximum absolute atomic E-state index is 10.5. The number of imidazole rings is 1. The van der Waals surface area contributed by atoms with Crippen LogP contribution in [0.5, 0.6) is 0 Å². The molecule has 1 heterocycles. The predicted molar refractivity (Wildman–Crippen MR) is 68.5 cm³/mol. The molecule has 1 aromatic carbocycles. The topological polar surface area (TPSA) is 66.0 Å². The highest BCUT2D eigenvalue weighted by molar-refractivity contribution is 5.66. The van der Waals surface area contributed by atoms with Crippen molar-refractivity contribution >= 4 is 5.97 Å². The molecule has 0 aliphatic carbocycles. The summed E-state index contributed by atoms with van der Waals surface area (Å²) in [4.78, 5) is 17.9. The van der Waals surface area contributed by atoms with Crippen LogP contribution in [0.2, 0.25) is 0 Å². The molecule has 0 unspecified atom stereocenters. The third-order valence-electron chi connectivity index (χ3n) is 2.91. The number of hydrogen-bond acceptors (Lipinski definition) is 2. The zero-order chi connectivity index (χ0) is 13.0. The summed E-state index contributed by atoms with van der Waals surface area (Å²) in [6, 6.07) is 8.17. The first-order chi connectivity index (χ1) is 8.65. The molecule has 2 rings (SSSR count). The number of aromatic amines is 1. The summed E-state index contributed by atoms with van der Waals surface area (Å²) in [5.74, 6) is 0.0924. The summed E-state index contributed by atoms with van der Waals surface area (Å²) in [6.07, 6.45) is 3.10. The molecule has 0 bridgehead atoms. The largest absolute Gasteiger partial charge is 0.481 e. The summed E-state index contributed by atoms with van der Waals surface area (Å²) in [5.41, 5.74) is 3.35. The Labute approximate surface area is 106 Å². The van der Waals surface area contributed by atoms with Crippen molar-refractivity contribution in [2.45, 2.75) is 26.2 Å². The first-order valence-corrected chi connectivity index (χ1v) is 5.94. The Bertz CT molecular complexity index is 546. The molecule has 4 heteroatoms. The third kappa shape index (κ3) is 3.20. The minimum absolute atomic E-state index is 0.131. The molecule has 0 atom stereocenters. The first-order valence-electron chi connectivity index (χ1n) is 5.94. The number of carboxylic acid groups (broad SMARTS) is 1. The maximum atomic E-state index is 10.5. The van der Waals surface area contributed by atoms with Crippen molar-refractivity contribution in [1.29, 1.82) is 0 Å². The summed E-state index contributed by atoms with van der Waals surface area (Å²) >= 11 is 0. The van der Waals surface area contributed by atoms with Crippen LogP contribution >= 0.6 is 0 Å². The second-order valence-electron chi connectivity index (χ2n) is 4.35. The van der Waals surface area contributed by atoms with Crippen LogP contribution in [0.25, 0.3) is 0 Å². The van der Waals surface area contributed by atoms with Crippen molar-refractivity contribution < 1.29 is 9.90 Å². The van der Waals surface area contributed by atoms with Crippen molar-refractivity contribution in [3.8, 4) is 0 Å². The predicted octanol–water partition coefficient (Wildman–Crippen LogP) is 2.33. The van der Waals surface area contributed by atoms with E-state index in [0.29, 0.717) is 6.42 Å². The van der Waals surface area contributed by atoms with Crippen LogP contribution in [0.4, 0.5) is 0 Å². The highest BCUT2D eigenvalue weighted by Gasteiger charge is 2.05. The standard InChI is InChI=1S/C14H16N2O2/c1-10-4-2-3-5-11(10)8-13-15-9-12(16-13)6-7-14(17)18/h2-5,9H,6-8H2,1H3,(H,15,16)(H,17,18). The quantitative estimate of drug-likeness (QED) is 0.848. The Morgan fingerprint density at radius 1 is 1.39 bits per heavy atom. The third-order valence-corrected chi connectivity index (χ3v) is 2.91. The number of nitrogens with one attached hydrogen (secondary N) is 1. The normalized spacial score (nSPS) is 10.5. The van der Waals surface area contributed by atoms with E-state index < -0.39 is 5.97 Å². The molecule has 18 heavy (non-hydrogen) atoms. The summed E-state index contributed by atoms with van der Waals surface area (Å²) in [5, 5.41) is 8.62. The average molecular weight is 244 g/mol. The van der Waals surface area contributed by atoms with Gasteiger partial charge in [-0.3, -0.25) is 4.79 Å². The van der Waals surface area contributed by atoms with E-state index in [0.717, 1.165) is 17.9 Å². The maximum Gasteiger partial charge on any atom is 0.303 e. The van der Waals surface area contributed by atoms with Crippen LogP contribution in [-0.2, 0) is 17.6 Å². The number of nitrogens with zero attached hydrogens (tertiary/aromatic N) is 1. The van der Waals surface area contributed by atoms with E-state index in [9.17, 15) is 4.79 Å². The van der Waals surface area contributed by atoms with E-state index in [2.05, 4.69) is 29.0 Å². The number of carbonyl (C=O) groups is 1. The van der Waals surface area contributed by atoms with Crippen molar-refractivity contribution in [3.05, 3.63) is 53.1 Å². The zero-order valence-corrected chi connectivity index (χ0v) is 10.3. The molecule has 2 aromatic rings. The Morgan fingerprint density at radius 3 is 2.89 bits per heavy atom. The molecule has 1 aromatic heterocycles. The van der Waals surface area contributed by atoms with Crippen LogP contribution < -0.4 is 0 Å². The Kier molecular flexibility index (Phi) is 3.77. The van der Waals surface area contributed by atoms with Gasteiger partial charge in [0.25, 0.3) is 0 Å². The van der Waals surface area contributed by atoms with Gasteiger partial charge in [0, 0.05) is 18.3 Å². The minimum Gasteiger partial charge on any atom is -0.481 e. The summed E-state index contributed by atoms with van der Waals surface area (Å²) in [7, 11) is 0. The fraction of sp³-hybridized carbons (Fsp3) is 0.286. The van der Waals surface area contributed by atoms with Crippen LogP contribution in [0.15, 0.2) is 30.5 Å². The van der Waals surface area contributed by atoms with Crippen molar-refractivity contribution in [2.24, 2.45) is 0 Å². The van der Waals surface area contributed by atoms with Crippen molar-refractivity contribution in [1.82, 2.24) is 9.97 Å².